The van der Waals surface area contributed by atoms with Gasteiger partial charge in [0, 0.05) is 11.4 Å². The lowest BCUT2D eigenvalue weighted by molar-refractivity contribution is -0.133. The standard InChI is InChI=1S/C19H18FNO3S/c20-15-6-4-14(5-7-15)19(8-9-19)18(24)21-16-3-1-2-13(10-16)11-25-12-17(22)23/h1-7,10H,8-9,11-12H2,(H,21,24)(H,22,23). The summed E-state index contributed by atoms with van der Waals surface area (Å²) in [4.78, 5) is 23.3. The topological polar surface area (TPSA) is 66.4 Å². The Morgan fingerprint density at radius 2 is 1.88 bits per heavy atom. The second kappa shape index (κ2) is 7.27. The van der Waals surface area contributed by atoms with Crippen molar-refractivity contribution in [2.45, 2.75) is 24.0 Å². The Kier molecular flexibility index (Phi) is 5.08. The Bertz CT molecular complexity index is 788. The van der Waals surface area contributed by atoms with Gasteiger partial charge in [0.15, 0.2) is 0 Å². The molecule has 2 aromatic rings. The molecule has 3 rings (SSSR count). The fourth-order valence-corrected chi connectivity index (χ4v) is 3.48. The number of benzene rings is 2. The van der Waals surface area contributed by atoms with E-state index in [0.29, 0.717) is 11.4 Å². The van der Waals surface area contributed by atoms with Gasteiger partial charge >= 0.3 is 5.97 Å². The lowest BCUT2D eigenvalue weighted by atomic mass is 9.95. The normalized spacial score (nSPS) is 14.8. The van der Waals surface area contributed by atoms with Gasteiger partial charge in [0.2, 0.25) is 5.91 Å². The fraction of sp³-hybridized carbons (Fsp3) is 0.263. The number of amides is 1. The van der Waals surface area contributed by atoms with Gasteiger partial charge in [-0.3, -0.25) is 9.59 Å². The number of thioether (sulfide) groups is 1. The predicted molar refractivity (Wildman–Crippen MR) is 96.2 cm³/mol. The van der Waals surface area contributed by atoms with Gasteiger partial charge in [-0.15, -0.1) is 11.8 Å². The van der Waals surface area contributed by atoms with Crippen molar-refractivity contribution in [1.29, 1.82) is 0 Å². The van der Waals surface area contributed by atoms with E-state index in [-0.39, 0.29) is 17.5 Å². The molecule has 6 heteroatoms. The van der Waals surface area contributed by atoms with Crippen molar-refractivity contribution in [1.82, 2.24) is 0 Å². The Morgan fingerprint density at radius 1 is 1.16 bits per heavy atom. The van der Waals surface area contributed by atoms with Crippen LogP contribution in [-0.4, -0.2) is 22.7 Å². The second-order valence-electron chi connectivity index (χ2n) is 6.13. The number of carboxylic acids is 1. The zero-order chi connectivity index (χ0) is 17.9. The number of nitrogens with one attached hydrogen (secondary N) is 1. The summed E-state index contributed by atoms with van der Waals surface area (Å²) in [6, 6.07) is 13.5. The molecule has 0 saturated heterocycles. The molecule has 2 aromatic carbocycles. The van der Waals surface area contributed by atoms with Crippen LogP contribution >= 0.6 is 11.8 Å². The van der Waals surface area contributed by atoms with E-state index in [1.807, 2.05) is 24.3 Å². The SMILES string of the molecule is O=C(O)CSCc1cccc(NC(=O)C2(c3ccc(F)cc3)CC2)c1. The number of rotatable bonds is 7. The summed E-state index contributed by atoms with van der Waals surface area (Å²) < 4.78 is 13.1. The third-order valence-corrected chi connectivity index (χ3v) is 5.25. The van der Waals surface area contributed by atoms with Crippen molar-refractivity contribution in [2.24, 2.45) is 0 Å². The zero-order valence-corrected chi connectivity index (χ0v) is 14.3. The van der Waals surface area contributed by atoms with Crippen molar-refractivity contribution in [3.8, 4) is 0 Å². The Morgan fingerprint density at radius 3 is 2.52 bits per heavy atom. The van der Waals surface area contributed by atoms with Crippen LogP contribution in [0.2, 0.25) is 0 Å². The van der Waals surface area contributed by atoms with Crippen LogP contribution in [-0.2, 0) is 20.8 Å². The van der Waals surface area contributed by atoms with Crippen LogP contribution in [0.1, 0.15) is 24.0 Å². The number of aliphatic carboxylic acids is 1. The molecule has 0 spiro atoms. The summed E-state index contributed by atoms with van der Waals surface area (Å²) in [6.07, 6.45) is 1.50. The van der Waals surface area contributed by atoms with Crippen molar-refractivity contribution >= 4 is 29.3 Å². The van der Waals surface area contributed by atoms with Crippen LogP contribution < -0.4 is 5.32 Å². The minimum Gasteiger partial charge on any atom is -0.481 e. The van der Waals surface area contributed by atoms with E-state index in [1.54, 1.807) is 12.1 Å². The van der Waals surface area contributed by atoms with Crippen LogP contribution in [0.5, 0.6) is 0 Å². The monoisotopic (exact) mass is 359 g/mol. The molecule has 25 heavy (non-hydrogen) atoms. The van der Waals surface area contributed by atoms with Gasteiger partial charge in [0.05, 0.1) is 11.2 Å². The molecule has 0 unspecified atom stereocenters. The first-order valence-electron chi connectivity index (χ1n) is 7.96. The van der Waals surface area contributed by atoms with Crippen molar-refractivity contribution in [3.63, 3.8) is 0 Å². The summed E-state index contributed by atoms with van der Waals surface area (Å²) in [5.74, 6) is -0.631. The van der Waals surface area contributed by atoms with E-state index < -0.39 is 11.4 Å². The number of carbonyl (C=O) groups is 2. The highest BCUT2D eigenvalue weighted by atomic mass is 32.2. The zero-order valence-electron chi connectivity index (χ0n) is 13.5. The highest BCUT2D eigenvalue weighted by molar-refractivity contribution is 7.99. The maximum atomic E-state index is 13.1. The Hall–Kier alpha value is -2.34. The van der Waals surface area contributed by atoms with Crippen LogP contribution in [0.3, 0.4) is 0 Å². The average molecular weight is 359 g/mol. The van der Waals surface area contributed by atoms with Gasteiger partial charge in [0.1, 0.15) is 5.82 Å². The minimum absolute atomic E-state index is 0.0459. The molecule has 1 amide bonds. The first kappa shape index (κ1) is 17.5. The number of hydrogen-bond acceptors (Lipinski definition) is 3. The molecule has 1 aliphatic rings. The third-order valence-electron chi connectivity index (χ3n) is 4.26. The van der Waals surface area contributed by atoms with E-state index >= 15 is 0 Å². The smallest absolute Gasteiger partial charge is 0.313 e. The van der Waals surface area contributed by atoms with Crippen molar-refractivity contribution in [2.75, 3.05) is 11.1 Å². The molecule has 2 N–H and O–H groups in total. The Balaban J connectivity index is 1.67. The fourth-order valence-electron chi connectivity index (χ4n) is 2.79. The van der Waals surface area contributed by atoms with Crippen molar-refractivity contribution < 1.29 is 19.1 Å². The number of anilines is 1. The number of carbonyl (C=O) groups excluding carboxylic acids is 1. The first-order chi connectivity index (χ1) is 12.0. The summed E-state index contributed by atoms with van der Waals surface area (Å²) in [6.45, 7) is 0. The molecule has 130 valence electrons. The number of hydrogen-bond donors (Lipinski definition) is 2. The molecule has 0 heterocycles. The van der Waals surface area contributed by atoms with E-state index in [9.17, 15) is 14.0 Å². The predicted octanol–water partition coefficient (Wildman–Crippen LogP) is 3.81. The van der Waals surface area contributed by atoms with E-state index in [0.717, 1.165) is 24.0 Å². The van der Waals surface area contributed by atoms with E-state index in [4.69, 9.17) is 5.11 Å². The molecule has 1 saturated carbocycles. The minimum atomic E-state index is -0.843. The molecule has 4 nitrogen and oxygen atoms in total. The molecule has 0 atom stereocenters. The third kappa shape index (κ3) is 4.20. The van der Waals surface area contributed by atoms with Gasteiger partial charge in [-0.2, -0.15) is 0 Å². The number of halogens is 1. The van der Waals surface area contributed by atoms with Gasteiger partial charge in [-0.25, -0.2) is 4.39 Å². The molecule has 1 fully saturated rings. The molecule has 0 radical (unpaired) electrons. The van der Waals surface area contributed by atoms with Crippen LogP contribution in [0, 0.1) is 5.82 Å². The quantitative estimate of drug-likeness (QED) is 0.789. The highest BCUT2D eigenvalue weighted by Crippen LogP contribution is 2.49. The lowest BCUT2D eigenvalue weighted by Crippen LogP contribution is -2.27. The summed E-state index contributed by atoms with van der Waals surface area (Å²) in [5.41, 5.74) is 1.91. The lowest BCUT2D eigenvalue weighted by Gasteiger charge is -2.16. The molecule has 1 aliphatic carbocycles. The van der Waals surface area contributed by atoms with Gasteiger partial charge in [0.25, 0.3) is 0 Å². The van der Waals surface area contributed by atoms with E-state index in [1.165, 1.54) is 23.9 Å². The average Bonchev–Trinajstić information content (AvgIpc) is 3.37. The first-order valence-corrected chi connectivity index (χ1v) is 9.11. The second-order valence-corrected chi connectivity index (χ2v) is 7.12. The molecule has 0 aliphatic heterocycles. The summed E-state index contributed by atoms with van der Waals surface area (Å²) in [7, 11) is 0. The largest absolute Gasteiger partial charge is 0.481 e. The van der Waals surface area contributed by atoms with Gasteiger partial charge in [-0.1, -0.05) is 24.3 Å². The number of carboxylic acid groups (broad SMARTS) is 1. The highest BCUT2D eigenvalue weighted by Gasteiger charge is 2.51. The molecule has 0 aromatic heterocycles. The summed E-state index contributed by atoms with van der Waals surface area (Å²) in [5, 5.41) is 11.6. The molecular formula is C19H18FNO3S. The van der Waals surface area contributed by atoms with Gasteiger partial charge in [-0.05, 0) is 48.2 Å². The van der Waals surface area contributed by atoms with Crippen LogP contribution in [0.15, 0.2) is 48.5 Å². The van der Waals surface area contributed by atoms with Crippen LogP contribution in [0.4, 0.5) is 10.1 Å². The van der Waals surface area contributed by atoms with E-state index in [2.05, 4.69) is 5.32 Å². The maximum Gasteiger partial charge on any atom is 0.313 e. The van der Waals surface area contributed by atoms with Crippen LogP contribution in [0.25, 0.3) is 0 Å². The maximum absolute atomic E-state index is 13.1. The molecular weight excluding hydrogens is 341 g/mol. The summed E-state index contributed by atoms with van der Waals surface area (Å²) >= 11 is 1.31. The van der Waals surface area contributed by atoms with Crippen molar-refractivity contribution in [3.05, 3.63) is 65.5 Å². The Labute approximate surface area is 149 Å². The molecule has 0 bridgehead atoms. The van der Waals surface area contributed by atoms with Gasteiger partial charge < -0.3 is 10.4 Å².